The summed E-state index contributed by atoms with van der Waals surface area (Å²) in [6.45, 7) is 2.26. The number of amides is 1. The Balaban J connectivity index is 1.35. The highest BCUT2D eigenvalue weighted by molar-refractivity contribution is 7.10. The number of carbonyl (C=O) groups is 1. The second-order valence-electron chi connectivity index (χ2n) is 9.54. The van der Waals surface area contributed by atoms with Crippen LogP contribution >= 0.6 is 11.3 Å². The van der Waals surface area contributed by atoms with Crippen LogP contribution in [0.1, 0.15) is 65.4 Å². The molecule has 3 heterocycles. The van der Waals surface area contributed by atoms with E-state index in [0.29, 0.717) is 24.3 Å². The van der Waals surface area contributed by atoms with Gasteiger partial charge in [-0.3, -0.25) is 4.79 Å². The number of piperidine rings is 1. The molecule has 0 spiro atoms. The van der Waals surface area contributed by atoms with Crippen LogP contribution in [-0.2, 0) is 19.3 Å². The van der Waals surface area contributed by atoms with Crippen LogP contribution < -0.4 is 0 Å². The van der Waals surface area contributed by atoms with Crippen molar-refractivity contribution in [2.24, 2.45) is 5.92 Å². The summed E-state index contributed by atoms with van der Waals surface area (Å²) >= 11 is 1.71. The third-order valence-corrected chi connectivity index (χ3v) is 8.30. The van der Waals surface area contributed by atoms with Crippen molar-refractivity contribution in [2.45, 2.75) is 76.0 Å². The standard InChI is InChI=1S/C24H27F2NO2S/c1-14-2-7-19-20(13-30-22(19)8-14)23(28)27-17-5-6-18(27)12-24(29,11-17)10-15-3-4-16(25)9-21(15)26/h3-4,9,13-14,17-18,29H,2,5-8,10-12H2,1H3/t14-,17-,18-/m0/s1. The molecule has 1 aliphatic carbocycles. The molecule has 2 bridgehead atoms. The van der Waals surface area contributed by atoms with Crippen molar-refractivity contribution in [3.8, 4) is 0 Å². The Bertz CT molecular complexity index is 974. The quantitative estimate of drug-likeness (QED) is 0.752. The number of halogens is 2. The molecule has 2 saturated heterocycles. The first-order chi connectivity index (χ1) is 14.3. The molecule has 0 saturated carbocycles. The lowest BCUT2D eigenvalue weighted by Gasteiger charge is -2.44. The van der Waals surface area contributed by atoms with E-state index in [1.54, 1.807) is 11.3 Å². The zero-order valence-electron chi connectivity index (χ0n) is 17.2. The minimum absolute atomic E-state index is 0.0252. The molecular weight excluding hydrogens is 404 g/mol. The number of aliphatic hydroxyl groups is 1. The number of nitrogens with zero attached hydrogens (tertiary/aromatic N) is 1. The van der Waals surface area contributed by atoms with Gasteiger partial charge >= 0.3 is 0 Å². The molecule has 3 aliphatic rings. The van der Waals surface area contributed by atoms with Crippen LogP contribution in [0, 0.1) is 17.6 Å². The number of carbonyl (C=O) groups excluding carboxylic acids is 1. The summed E-state index contributed by atoms with van der Waals surface area (Å²) in [5, 5.41) is 13.3. The van der Waals surface area contributed by atoms with E-state index in [9.17, 15) is 18.7 Å². The number of fused-ring (bicyclic) bond motifs is 3. The highest BCUT2D eigenvalue weighted by atomic mass is 32.1. The van der Waals surface area contributed by atoms with E-state index in [-0.39, 0.29) is 24.4 Å². The van der Waals surface area contributed by atoms with Gasteiger partial charge in [-0.1, -0.05) is 13.0 Å². The summed E-state index contributed by atoms with van der Waals surface area (Å²) in [7, 11) is 0. The van der Waals surface area contributed by atoms with Gasteiger partial charge in [-0.15, -0.1) is 11.3 Å². The Kier molecular flexibility index (Phi) is 4.98. The van der Waals surface area contributed by atoms with Crippen LogP contribution in [-0.4, -0.2) is 33.6 Å². The van der Waals surface area contributed by atoms with Gasteiger partial charge in [-0.05, 0) is 68.1 Å². The van der Waals surface area contributed by atoms with Crippen molar-refractivity contribution in [1.82, 2.24) is 4.90 Å². The van der Waals surface area contributed by atoms with Gasteiger partial charge < -0.3 is 10.0 Å². The summed E-state index contributed by atoms with van der Waals surface area (Å²) < 4.78 is 27.4. The molecule has 3 nitrogen and oxygen atoms in total. The van der Waals surface area contributed by atoms with Gasteiger partial charge in [0.05, 0.1) is 11.2 Å². The third kappa shape index (κ3) is 3.48. The summed E-state index contributed by atoms with van der Waals surface area (Å²) in [6.07, 6.45) is 5.92. The Morgan fingerprint density at radius 2 is 1.97 bits per heavy atom. The van der Waals surface area contributed by atoms with E-state index in [4.69, 9.17) is 0 Å². The van der Waals surface area contributed by atoms with Crippen molar-refractivity contribution in [3.05, 3.63) is 56.8 Å². The molecule has 0 radical (unpaired) electrons. The molecule has 2 aliphatic heterocycles. The molecule has 5 rings (SSSR count). The van der Waals surface area contributed by atoms with E-state index in [0.717, 1.165) is 43.7 Å². The molecule has 1 amide bonds. The first kappa shape index (κ1) is 20.1. The highest BCUT2D eigenvalue weighted by Crippen LogP contribution is 2.44. The van der Waals surface area contributed by atoms with Crippen LogP contribution in [0.25, 0.3) is 0 Å². The molecule has 160 valence electrons. The number of hydrogen-bond acceptors (Lipinski definition) is 3. The molecule has 1 N–H and O–H groups in total. The first-order valence-electron chi connectivity index (χ1n) is 10.9. The monoisotopic (exact) mass is 431 g/mol. The first-order valence-corrected chi connectivity index (χ1v) is 11.8. The fourth-order valence-corrected chi connectivity index (χ4v) is 7.05. The molecular formula is C24H27F2NO2S. The molecule has 3 atom stereocenters. The summed E-state index contributed by atoms with van der Waals surface area (Å²) in [5.41, 5.74) is 1.36. The van der Waals surface area contributed by atoms with Gasteiger partial charge in [-0.25, -0.2) is 8.78 Å². The third-order valence-electron chi connectivity index (χ3n) is 7.25. The summed E-state index contributed by atoms with van der Waals surface area (Å²) in [4.78, 5) is 16.8. The fraction of sp³-hybridized carbons (Fsp3) is 0.542. The SMILES string of the molecule is C[C@H]1CCc2c(C(=O)N3[C@H]4CC[C@H]3CC(O)(Cc3ccc(F)cc3F)C4)csc2C1. The Morgan fingerprint density at radius 3 is 2.67 bits per heavy atom. The maximum absolute atomic E-state index is 14.1. The van der Waals surface area contributed by atoms with Gasteiger partial charge in [0.25, 0.3) is 5.91 Å². The van der Waals surface area contributed by atoms with E-state index in [1.165, 1.54) is 22.6 Å². The lowest BCUT2D eigenvalue weighted by atomic mass is 9.80. The zero-order valence-corrected chi connectivity index (χ0v) is 18.0. The van der Waals surface area contributed by atoms with Crippen LogP contribution in [0.5, 0.6) is 0 Å². The second kappa shape index (κ2) is 7.41. The van der Waals surface area contributed by atoms with Crippen LogP contribution in [0.3, 0.4) is 0 Å². The van der Waals surface area contributed by atoms with Crippen molar-refractivity contribution in [2.75, 3.05) is 0 Å². The highest BCUT2D eigenvalue weighted by Gasteiger charge is 2.50. The number of rotatable bonds is 3. The average molecular weight is 432 g/mol. The largest absolute Gasteiger partial charge is 0.389 e. The second-order valence-corrected chi connectivity index (χ2v) is 10.5. The smallest absolute Gasteiger partial charge is 0.255 e. The normalized spacial score (nSPS) is 30.4. The van der Waals surface area contributed by atoms with Crippen LogP contribution in [0.2, 0.25) is 0 Å². The molecule has 30 heavy (non-hydrogen) atoms. The topological polar surface area (TPSA) is 40.5 Å². The minimum atomic E-state index is -1.06. The number of thiophene rings is 1. The minimum Gasteiger partial charge on any atom is -0.389 e. The van der Waals surface area contributed by atoms with Gasteiger partial charge in [0.1, 0.15) is 11.6 Å². The molecule has 1 aromatic heterocycles. The molecule has 6 heteroatoms. The zero-order chi connectivity index (χ0) is 21.0. The Hall–Kier alpha value is -1.79. The fourth-order valence-electron chi connectivity index (χ4n) is 5.81. The average Bonchev–Trinajstić information content (AvgIpc) is 3.22. The molecule has 0 unspecified atom stereocenters. The Morgan fingerprint density at radius 1 is 1.23 bits per heavy atom. The molecule has 2 aromatic rings. The van der Waals surface area contributed by atoms with Gasteiger partial charge in [0, 0.05) is 34.8 Å². The van der Waals surface area contributed by atoms with E-state index in [2.05, 4.69) is 6.92 Å². The lowest BCUT2D eigenvalue weighted by Crippen LogP contribution is -2.54. The van der Waals surface area contributed by atoms with Crippen LogP contribution in [0.15, 0.2) is 23.6 Å². The van der Waals surface area contributed by atoms with Crippen molar-refractivity contribution in [3.63, 3.8) is 0 Å². The van der Waals surface area contributed by atoms with E-state index in [1.807, 2.05) is 10.3 Å². The maximum atomic E-state index is 14.1. The summed E-state index contributed by atoms with van der Waals surface area (Å²) in [6, 6.07) is 3.47. The predicted octanol–water partition coefficient (Wildman–Crippen LogP) is 4.89. The predicted molar refractivity (Wildman–Crippen MR) is 113 cm³/mol. The van der Waals surface area contributed by atoms with Gasteiger partial charge in [0.2, 0.25) is 0 Å². The van der Waals surface area contributed by atoms with Crippen LogP contribution in [0.4, 0.5) is 8.78 Å². The van der Waals surface area contributed by atoms with Gasteiger partial charge in [-0.2, -0.15) is 0 Å². The van der Waals surface area contributed by atoms with Crippen molar-refractivity contribution >= 4 is 17.2 Å². The van der Waals surface area contributed by atoms with Crippen molar-refractivity contribution < 1.29 is 18.7 Å². The summed E-state index contributed by atoms with van der Waals surface area (Å²) in [5.74, 6) is -0.456. The maximum Gasteiger partial charge on any atom is 0.255 e. The number of benzene rings is 1. The van der Waals surface area contributed by atoms with E-state index >= 15 is 0 Å². The van der Waals surface area contributed by atoms with E-state index < -0.39 is 17.2 Å². The van der Waals surface area contributed by atoms with Crippen molar-refractivity contribution in [1.29, 1.82) is 0 Å². The Labute approximate surface area is 179 Å². The lowest BCUT2D eigenvalue weighted by molar-refractivity contribution is -0.0431. The van der Waals surface area contributed by atoms with Gasteiger partial charge in [0.15, 0.2) is 0 Å². The molecule has 1 aromatic carbocycles. The molecule has 2 fully saturated rings. The number of hydrogen-bond donors (Lipinski definition) is 1.